The number of amides is 1. The summed E-state index contributed by atoms with van der Waals surface area (Å²) in [5, 5.41) is 13.3. The molecule has 0 rings (SSSR count). The van der Waals surface area contributed by atoms with Gasteiger partial charge in [-0.3, -0.25) is 9.35 Å². The van der Waals surface area contributed by atoms with Gasteiger partial charge in [0.15, 0.2) is 0 Å². The van der Waals surface area contributed by atoms with Gasteiger partial charge in [-0.2, -0.15) is 8.42 Å². The van der Waals surface area contributed by atoms with E-state index in [1.165, 1.54) is 57.8 Å². The predicted octanol–water partition coefficient (Wildman–Crippen LogP) is 11.6. The second-order valence-electron chi connectivity index (χ2n) is 13.2. The van der Waals surface area contributed by atoms with E-state index in [0.717, 1.165) is 70.6 Å². The van der Waals surface area contributed by atoms with Crippen LogP contribution < -0.4 is 5.32 Å². The van der Waals surface area contributed by atoms with E-state index < -0.39 is 28.0 Å². The minimum atomic E-state index is -4.33. The number of rotatable bonds is 34. The lowest BCUT2D eigenvalue weighted by atomic mass is 10.0. The van der Waals surface area contributed by atoms with Crippen molar-refractivity contribution >= 4 is 16.0 Å². The fourth-order valence-electron chi connectivity index (χ4n) is 5.44. The molecule has 0 aromatic carbocycles. The fraction of sp³-hybridized carbons (Fsp3) is 0.651. The summed E-state index contributed by atoms with van der Waals surface area (Å²) >= 11 is 0. The molecule has 3 N–H and O–H groups in total. The van der Waals surface area contributed by atoms with Crippen LogP contribution in [0.2, 0.25) is 0 Å². The van der Waals surface area contributed by atoms with Crippen molar-refractivity contribution in [1.29, 1.82) is 0 Å². The zero-order valence-corrected chi connectivity index (χ0v) is 32.6. The van der Waals surface area contributed by atoms with E-state index in [0.29, 0.717) is 12.8 Å². The summed E-state index contributed by atoms with van der Waals surface area (Å²) in [5.41, 5.74) is 0. The second kappa shape index (κ2) is 36.3. The van der Waals surface area contributed by atoms with E-state index in [2.05, 4.69) is 98.2 Å². The monoisotopic (exact) mass is 716 g/mol. The Morgan fingerprint density at radius 1 is 0.560 bits per heavy atom. The van der Waals surface area contributed by atoms with E-state index in [1.807, 2.05) is 6.08 Å². The van der Waals surface area contributed by atoms with Crippen molar-refractivity contribution in [2.24, 2.45) is 0 Å². The van der Waals surface area contributed by atoms with Crippen molar-refractivity contribution in [1.82, 2.24) is 5.32 Å². The Bertz CT molecular complexity index is 1100. The van der Waals surface area contributed by atoms with Crippen LogP contribution in [0.4, 0.5) is 0 Å². The molecule has 7 heteroatoms. The Balaban J connectivity index is 4.04. The number of aliphatic hydroxyl groups excluding tert-OH is 1. The molecule has 0 aromatic rings. The molecular formula is C43H73NO5S. The molecule has 0 radical (unpaired) electrons. The van der Waals surface area contributed by atoms with Gasteiger partial charge in [0.05, 0.1) is 17.9 Å². The van der Waals surface area contributed by atoms with E-state index in [4.69, 9.17) is 0 Å². The third kappa shape index (κ3) is 36.8. The maximum absolute atomic E-state index is 12.5. The molecule has 0 spiro atoms. The molecule has 2 atom stereocenters. The largest absolute Gasteiger partial charge is 0.391 e. The minimum Gasteiger partial charge on any atom is -0.391 e. The summed E-state index contributed by atoms with van der Waals surface area (Å²) < 4.78 is 32.4. The molecule has 0 aliphatic carbocycles. The first-order valence-corrected chi connectivity index (χ1v) is 21.4. The second-order valence-corrected chi connectivity index (χ2v) is 14.7. The van der Waals surface area contributed by atoms with Crippen LogP contribution in [-0.2, 0) is 14.9 Å². The van der Waals surface area contributed by atoms with Crippen molar-refractivity contribution in [3.63, 3.8) is 0 Å². The van der Waals surface area contributed by atoms with Crippen LogP contribution in [0.15, 0.2) is 85.1 Å². The number of nitrogens with one attached hydrogen (secondary N) is 1. The van der Waals surface area contributed by atoms with Crippen LogP contribution >= 0.6 is 0 Å². The molecule has 0 saturated carbocycles. The summed E-state index contributed by atoms with van der Waals surface area (Å²) in [6.07, 6.45) is 52.5. The van der Waals surface area contributed by atoms with Gasteiger partial charge in [0.1, 0.15) is 0 Å². The molecular weight excluding hydrogens is 643 g/mol. The number of carbonyl (C=O) groups excluding carboxylic acids is 1. The van der Waals surface area contributed by atoms with Gasteiger partial charge in [0.25, 0.3) is 10.1 Å². The Kier molecular flexibility index (Phi) is 34.5. The standard InChI is InChI=1S/C43H73NO5S/c1-3-5-7-9-11-13-15-17-18-19-20-21-22-23-24-25-26-27-29-31-33-35-37-39-43(46)44-41(40-50(47,48)49)42(45)38-36-34-32-30-28-16-14-12-10-8-6-4-2/h5,7,11,13,17-18,20-21,23-24,26-27,31,33,41-42,45H,3-4,6,8-10,12,14-16,19,22,25,28-30,32,34-40H2,1-2H3,(H,44,46)(H,47,48,49)/b7-5-,13-11-,18-17-,21-20-,24-23-,27-26-,33-31-. The van der Waals surface area contributed by atoms with Gasteiger partial charge in [-0.1, -0.05) is 176 Å². The molecule has 1 amide bonds. The Hall–Kier alpha value is -2.48. The van der Waals surface area contributed by atoms with Crippen LogP contribution in [0.5, 0.6) is 0 Å². The van der Waals surface area contributed by atoms with Crippen LogP contribution in [0, 0.1) is 0 Å². The average molecular weight is 716 g/mol. The van der Waals surface area contributed by atoms with E-state index >= 15 is 0 Å². The molecule has 0 aliphatic rings. The number of hydrogen-bond donors (Lipinski definition) is 3. The van der Waals surface area contributed by atoms with Crippen LogP contribution in [0.1, 0.15) is 162 Å². The lowest BCUT2D eigenvalue weighted by molar-refractivity contribution is -0.122. The number of unbranched alkanes of at least 4 members (excludes halogenated alkanes) is 12. The lowest BCUT2D eigenvalue weighted by Gasteiger charge is -2.23. The topological polar surface area (TPSA) is 104 Å². The normalized spacial score (nSPS) is 14.2. The molecule has 6 nitrogen and oxygen atoms in total. The molecule has 286 valence electrons. The highest BCUT2D eigenvalue weighted by Gasteiger charge is 2.26. The van der Waals surface area contributed by atoms with Crippen molar-refractivity contribution in [3.8, 4) is 0 Å². The summed E-state index contributed by atoms with van der Waals surface area (Å²) in [5.74, 6) is -0.984. The summed E-state index contributed by atoms with van der Waals surface area (Å²) in [7, 11) is -4.33. The maximum atomic E-state index is 12.5. The smallest absolute Gasteiger partial charge is 0.266 e. The van der Waals surface area contributed by atoms with Crippen molar-refractivity contribution in [3.05, 3.63) is 85.1 Å². The van der Waals surface area contributed by atoms with Crippen molar-refractivity contribution < 1.29 is 22.9 Å². The van der Waals surface area contributed by atoms with E-state index in [1.54, 1.807) is 0 Å². The van der Waals surface area contributed by atoms with Gasteiger partial charge >= 0.3 is 0 Å². The quantitative estimate of drug-likeness (QED) is 0.0349. The molecule has 0 aliphatic heterocycles. The van der Waals surface area contributed by atoms with Crippen molar-refractivity contribution in [2.75, 3.05) is 5.75 Å². The minimum absolute atomic E-state index is 0.234. The highest BCUT2D eigenvalue weighted by atomic mass is 32.2. The highest BCUT2D eigenvalue weighted by Crippen LogP contribution is 2.14. The Labute approximate surface area is 307 Å². The van der Waals surface area contributed by atoms with Gasteiger partial charge in [-0.25, -0.2) is 0 Å². The molecule has 2 unspecified atom stereocenters. The number of carbonyl (C=O) groups is 1. The third-order valence-corrected chi connectivity index (χ3v) is 9.14. The zero-order chi connectivity index (χ0) is 36.8. The first-order valence-electron chi connectivity index (χ1n) is 19.8. The molecule has 0 heterocycles. The van der Waals surface area contributed by atoms with Crippen LogP contribution in [-0.4, -0.2) is 41.9 Å². The average Bonchev–Trinajstić information content (AvgIpc) is 3.08. The molecule has 0 aromatic heterocycles. The van der Waals surface area contributed by atoms with E-state index in [9.17, 15) is 22.9 Å². The number of allylic oxidation sites excluding steroid dienone is 14. The summed E-state index contributed by atoms with van der Waals surface area (Å²) in [6, 6.07) is -1.01. The molecule has 50 heavy (non-hydrogen) atoms. The van der Waals surface area contributed by atoms with Gasteiger partial charge in [-0.05, 0) is 64.2 Å². The van der Waals surface area contributed by atoms with Crippen LogP contribution in [0.25, 0.3) is 0 Å². The van der Waals surface area contributed by atoms with Crippen molar-refractivity contribution in [2.45, 2.75) is 174 Å². The fourth-order valence-corrected chi connectivity index (χ4v) is 6.20. The third-order valence-electron chi connectivity index (χ3n) is 8.36. The lowest BCUT2D eigenvalue weighted by Crippen LogP contribution is -2.47. The molecule has 0 fully saturated rings. The van der Waals surface area contributed by atoms with Gasteiger partial charge in [0, 0.05) is 6.42 Å². The number of aliphatic hydroxyl groups is 1. The summed E-state index contributed by atoms with van der Waals surface area (Å²) in [4.78, 5) is 12.5. The van der Waals surface area contributed by atoms with Gasteiger partial charge in [-0.15, -0.1) is 0 Å². The van der Waals surface area contributed by atoms with Gasteiger partial charge < -0.3 is 10.4 Å². The first kappa shape index (κ1) is 47.5. The SMILES string of the molecule is CC/C=C\C/C=C\C/C=C\C/C=C\C/C=C\C/C=C\C/C=C\CCCC(=O)NC(CS(=O)(=O)O)C(O)CCCCCCCCCCCCCC. The number of hydrogen-bond acceptors (Lipinski definition) is 4. The maximum Gasteiger partial charge on any atom is 0.266 e. The van der Waals surface area contributed by atoms with E-state index in [-0.39, 0.29) is 12.3 Å². The molecule has 0 bridgehead atoms. The molecule has 0 saturated heterocycles. The van der Waals surface area contributed by atoms with Crippen LogP contribution in [0.3, 0.4) is 0 Å². The Morgan fingerprint density at radius 2 is 0.940 bits per heavy atom. The first-order chi connectivity index (χ1) is 24.3. The highest BCUT2D eigenvalue weighted by molar-refractivity contribution is 7.85. The Morgan fingerprint density at radius 3 is 1.34 bits per heavy atom. The zero-order valence-electron chi connectivity index (χ0n) is 31.7. The summed E-state index contributed by atoms with van der Waals surface area (Å²) in [6.45, 7) is 4.38. The predicted molar refractivity (Wildman–Crippen MR) is 216 cm³/mol. The van der Waals surface area contributed by atoms with Gasteiger partial charge in [0.2, 0.25) is 5.91 Å².